The van der Waals surface area contributed by atoms with Crippen LogP contribution in [0.15, 0.2) is 34.9 Å². The van der Waals surface area contributed by atoms with Crippen molar-refractivity contribution in [2.75, 3.05) is 5.32 Å². The number of fused-ring (bicyclic) bond motifs is 1. The van der Waals surface area contributed by atoms with E-state index in [2.05, 4.69) is 69.6 Å². The Morgan fingerprint density at radius 1 is 1.08 bits per heavy atom. The molecule has 4 heteroatoms. The van der Waals surface area contributed by atoms with Crippen molar-refractivity contribution in [1.82, 2.24) is 9.38 Å². The van der Waals surface area contributed by atoms with Gasteiger partial charge in [0.15, 0.2) is 5.76 Å². The summed E-state index contributed by atoms with van der Waals surface area (Å²) in [5.74, 6) is 2.68. The topological polar surface area (TPSA) is 42.5 Å². The van der Waals surface area contributed by atoms with Crippen LogP contribution in [-0.2, 0) is 0 Å². The molecule has 25 heavy (non-hydrogen) atoms. The lowest BCUT2D eigenvalue weighted by Gasteiger charge is -2.34. The molecular formula is C21H29N3O. The van der Waals surface area contributed by atoms with Crippen LogP contribution in [0.5, 0.6) is 0 Å². The molecule has 0 atom stereocenters. The Morgan fingerprint density at radius 2 is 1.80 bits per heavy atom. The van der Waals surface area contributed by atoms with Crippen molar-refractivity contribution in [3.63, 3.8) is 0 Å². The van der Waals surface area contributed by atoms with Crippen LogP contribution in [0, 0.1) is 19.3 Å². The van der Waals surface area contributed by atoms with E-state index in [-0.39, 0.29) is 11.0 Å². The summed E-state index contributed by atoms with van der Waals surface area (Å²) in [7, 11) is 0. The maximum absolute atomic E-state index is 5.87. The highest BCUT2D eigenvalue weighted by Crippen LogP contribution is 2.35. The van der Waals surface area contributed by atoms with Crippen LogP contribution >= 0.6 is 0 Å². The molecule has 0 aliphatic carbocycles. The van der Waals surface area contributed by atoms with Crippen LogP contribution in [-0.4, -0.2) is 14.9 Å². The van der Waals surface area contributed by atoms with E-state index in [9.17, 15) is 0 Å². The van der Waals surface area contributed by atoms with Gasteiger partial charge < -0.3 is 9.73 Å². The molecule has 0 saturated heterocycles. The fourth-order valence-electron chi connectivity index (χ4n) is 3.69. The summed E-state index contributed by atoms with van der Waals surface area (Å²) in [6.07, 6.45) is 3.11. The molecule has 0 aromatic carbocycles. The summed E-state index contributed by atoms with van der Waals surface area (Å²) in [6, 6.07) is 8.18. The largest absolute Gasteiger partial charge is 0.460 e. The first-order chi connectivity index (χ1) is 11.5. The molecule has 1 N–H and O–H groups in total. The molecule has 0 radical (unpaired) electrons. The van der Waals surface area contributed by atoms with Crippen LogP contribution < -0.4 is 5.32 Å². The average Bonchev–Trinajstić information content (AvgIpc) is 2.99. The summed E-state index contributed by atoms with van der Waals surface area (Å²) in [5.41, 5.74) is 3.14. The van der Waals surface area contributed by atoms with E-state index in [1.807, 2.05) is 19.1 Å². The molecule has 3 aromatic heterocycles. The number of hydrogen-bond acceptors (Lipinski definition) is 3. The number of furan rings is 1. The quantitative estimate of drug-likeness (QED) is 0.649. The van der Waals surface area contributed by atoms with Crippen LogP contribution in [0.1, 0.15) is 52.4 Å². The van der Waals surface area contributed by atoms with Crippen LogP contribution in [0.4, 0.5) is 5.82 Å². The van der Waals surface area contributed by atoms with E-state index >= 15 is 0 Å². The van der Waals surface area contributed by atoms with E-state index in [1.54, 1.807) is 0 Å². The van der Waals surface area contributed by atoms with Crippen molar-refractivity contribution in [2.24, 2.45) is 5.41 Å². The molecule has 134 valence electrons. The Morgan fingerprint density at radius 3 is 2.40 bits per heavy atom. The van der Waals surface area contributed by atoms with Gasteiger partial charge in [0, 0.05) is 11.7 Å². The number of imidazole rings is 1. The lowest BCUT2D eigenvalue weighted by molar-refractivity contribution is 0.302. The molecule has 0 amide bonds. The summed E-state index contributed by atoms with van der Waals surface area (Å²) in [5, 5.41) is 3.73. The minimum absolute atomic E-state index is 0.0739. The molecule has 3 heterocycles. The summed E-state index contributed by atoms with van der Waals surface area (Å²) >= 11 is 0. The van der Waals surface area contributed by atoms with Crippen LogP contribution in [0.2, 0.25) is 0 Å². The van der Waals surface area contributed by atoms with Crippen molar-refractivity contribution >= 4 is 11.5 Å². The minimum Gasteiger partial charge on any atom is -0.460 e. The maximum atomic E-state index is 5.87. The maximum Gasteiger partial charge on any atom is 0.156 e. The first-order valence-electron chi connectivity index (χ1n) is 8.88. The first-order valence-corrected chi connectivity index (χ1v) is 8.88. The van der Waals surface area contributed by atoms with Gasteiger partial charge in [0.05, 0.1) is 0 Å². The van der Waals surface area contributed by atoms with Gasteiger partial charge in [0.1, 0.15) is 22.9 Å². The van der Waals surface area contributed by atoms with E-state index in [1.165, 1.54) is 5.56 Å². The fraction of sp³-hybridized carbons (Fsp3) is 0.476. The fourth-order valence-corrected chi connectivity index (χ4v) is 3.69. The van der Waals surface area contributed by atoms with Crippen molar-refractivity contribution in [2.45, 2.75) is 60.4 Å². The molecule has 3 rings (SSSR count). The average molecular weight is 339 g/mol. The van der Waals surface area contributed by atoms with Gasteiger partial charge in [-0.15, -0.1) is 0 Å². The van der Waals surface area contributed by atoms with Gasteiger partial charge >= 0.3 is 0 Å². The first kappa shape index (κ1) is 17.6. The third kappa shape index (κ3) is 3.89. The van der Waals surface area contributed by atoms with E-state index in [0.29, 0.717) is 0 Å². The van der Waals surface area contributed by atoms with Gasteiger partial charge in [0.25, 0.3) is 0 Å². The second-order valence-electron chi connectivity index (χ2n) is 8.90. The highest BCUT2D eigenvalue weighted by Gasteiger charge is 2.28. The molecule has 0 unspecified atom stereocenters. The highest BCUT2D eigenvalue weighted by atomic mass is 16.3. The van der Waals surface area contributed by atoms with Gasteiger partial charge in [0.2, 0.25) is 0 Å². The Kier molecular flexibility index (Phi) is 4.18. The normalized spacial score (nSPS) is 12.8. The Hall–Kier alpha value is -2.23. The van der Waals surface area contributed by atoms with E-state index in [0.717, 1.165) is 35.1 Å². The minimum atomic E-state index is -0.0739. The lowest BCUT2D eigenvalue weighted by atomic mass is 9.82. The SMILES string of the molecule is Cc1ccn2c(NC(C)(C)CC(C)(C)C)c(-c3ccc(C)o3)nc2c1. The number of rotatable bonds is 4. The standard InChI is InChI=1S/C21H29N3O/c1-14-10-11-24-17(12-14)22-18(16-9-8-15(2)25-16)19(24)23-21(6,7)13-20(3,4)5/h8-12,23H,13H2,1-7H3. The van der Waals surface area contributed by atoms with Gasteiger partial charge in [-0.1, -0.05) is 20.8 Å². The van der Waals surface area contributed by atoms with Gasteiger partial charge in [-0.05, 0) is 69.4 Å². The molecule has 0 aliphatic rings. The second kappa shape index (κ2) is 5.94. The van der Waals surface area contributed by atoms with Gasteiger partial charge in [-0.2, -0.15) is 0 Å². The number of aryl methyl sites for hydroxylation is 2. The molecular weight excluding hydrogens is 310 g/mol. The zero-order chi connectivity index (χ0) is 18.4. The molecule has 0 fully saturated rings. The third-order valence-electron chi connectivity index (χ3n) is 4.18. The third-order valence-corrected chi connectivity index (χ3v) is 4.18. The zero-order valence-electron chi connectivity index (χ0n) is 16.4. The molecule has 0 bridgehead atoms. The van der Waals surface area contributed by atoms with E-state index < -0.39 is 0 Å². The van der Waals surface area contributed by atoms with E-state index in [4.69, 9.17) is 9.40 Å². The molecule has 4 nitrogen and oxygen atoms in total. The number of nitrogens with zero attached hydrogens (tertiary/aromatic N) is 2. The second-order valence-corrected chi connectivity index (χ2v) is 8.90. The monoisotopic (exact) mass is 339 g/mol. The lowest BCUT2D eigenvalue weighted by Crippen LogP contribution is -2.36. The van der Waals surface area contributed by atoms with Gasteiger partial charge in [-0.3, -0.25) is 4.40 Å². The number of anilines is 1. The predicted molar refractivity (Wildman–Crippen MR) is 104 cm³/mol. The van der Waals surface area contributed by atoms with Crippen molar-refractivity contribution in [3.8, 4) is 11.5 Å². The van der Waals surface area contributed by atoms with Gasteiger partial charge in [-0.25, -0.2) is 4.98 Å². The van der Waals surface area contributed by atoms with Crippen LogP contribution in [0.3, 0.4) is 0 Å². The summed E-state index contributed by atoms with van der Waals surface area (Å²) < 4.78 is 7.99. The Balaban J connectivity index is 2.11. The molecule has 0 spiro atoms. The van der Waals surface area contributed by atoms with Crippen LogP contribution in [0.25, 0.3) is 17.1 Å². The summed E-state index contributed by atoms with van der Waals surface area (Å²) in [4.78, 5) is 4.84. The number of nitrogens with one attached hydrogen (secondary N) is 1. The number of pyridine rings is 1. The predicted octanol–water partition coefficient (Wildman–Crippen LogP) is 5.84. The number of hydrogen-bond donors (Lipinski definition) is 1. The summed E-state index contributed by atoms with van der Waals surface area (Å²) in [6.45, 7) is 15.3. The smallest absolute Gasteiger partial charge is 0.156 e. The molecule has 3 aromatic rings. The molecule has 0 saturated carbocycles. The molecule has 0 aliphatic heterocycles. The van der Waals surface area contributed by atoms with Crippen molar-refractivity contribution in [1.29, 1.82) is 0 Å². The Bertz CT molecular complexity index is 894. The van der Waals surface area contributed by atoms with Crippen molar-refractivity contribution in [3.05, 3.63) is 41.8 Å². The zero-order valence-corrected chi connectivity index (χ0v) is 16.4. The number of aromatic nitrogens is 2. The van der Waals surface area contributed by atoms with Crippen molar-refractivity contribution < 1.29 is 4.42 Å². The Labute approximate surface area is 150 Å². The highest BCUT2D eigenvalue weighted by molar-refractivity contribution is 5.74.